The number of nitrogens with two attached hydrogens (primary N) is 1. The maximum absolute atomic E-state index is 12.1. The van der Waals surface area contributed by atoms with Crippen LogP contribution in [0.1, 0.15) is 33.5 Å². The molecule has 6 nitrogen and oxygen atoms in total. The number of hydrazine groups is 1. The number of carbonyl (C=O) groups is 2. The second kappa shape index (κ2) is 6.23. The first-order valence-corrected chi connectivity index (χ1v) is 6.46. The van der Waals surface area contributed by atoms with Crippen molar-refractivity contribution in [2.24, 2.45) is 5.73 Å². The van der Waals surface area contributed by atoms with E-state index in [4.69, 9.17) is 10.2 Å². The van der Waals surface area contributed by atoms with Crippen molar-refractivity contribution in [3.63, 3.8) is 0 Å². The molecule has 0 saturated heterocycles. The quantitative estimate of drug-likeness (QED) is 0.723. The Labute approximate surface area is 122 Å². The van der Waals surface area contributed by atoms with Gasteiger partial charge in [-0.1, -0.05) is 30.3 Å². The number of primary amides is 1. The largest absolute Gasteiger partial charge is 0.466 e. The Morgan fingerprint density at radius 1 is 1.19 bits per heavy atom. The lowest BCUT2D eigenvalue weighted by atomic mass is 10.1. The predicted octanol–water partition coefficient (Wildman–Crippen LogP) is 1.36. The van der Waals surface area contributed by atoms with Crippen molar-refractivity contribution in [2.45, 2.75) is 19.9 Å². The van der Waals surface area contributed by atoms with E-state index in [-0.39, 0.29) is 5.91 Å². The summed E-state index contributed by atoms with van der Waals surface area (Å²) in [5, 5.41) is 0. The molecule has 0 fully saturated rings. The van der Waals surface area contributed by atoms with Crippen molar-refractivity contribution in [2.75, 3.05) is 0 Å². The van der Waals surface area contributed by atoms with Crippen LogP contribution in [0.3, 0.4) is 0 Å². The van der Waals surface area contributed by atoms with Crippen LogP contribution >= 0.6 is 0 Å². The average molecular weight is 287 g/mol. The molecule has 2 rings (SSSR count). The minimum atomic E-state index is -0.802. The van der Waals surface area contributed by atoms with Gasteiger partial charge in [-0.05, 0) is 25.5 Å². The molecule has 2 aromatic rings. The van der Waals surface area contributed by atoms with Crippen LogP contribution < -0.4 is 16.6 Å². The molecule has 21 heavy (non-hydrogen) atoms. The van der Waals surface area contributed by atoms with Gasteiger partial charge in [0.15, 0.2) is 0 Å². The summed E-state index contributed by atoms with van der Waals surface area (Å²) in [4.78, 5) is 23.6. The highest BCUT2D eigenvalue weighted by Gasteiger charge is 2.19. The fourth-order valence-corrected chi connectivity index (χ4v) is 2.03. The van der Waals surface area contributed by atoms with Gasteiger partial charge in [0.1, 0.15) is 17.6 Å². The van der Waals surface area contributed by atoms with Crippen molar-refractivity contribution >= 4 is 11.8 Å². The highest BCUT2D eigenvalue weighted by atomic mass is 16.3. The molecule has 6 heteroatoms. The van der Waals surface area contributed by atoms with E-state index in [1.54, 1.807) is 44.2 Å². The molecule has 0 radical (unpaired) electrons. The minimum absolute atomic E-state index is 0.383. The number of nitrogens with one attached hydrogen (secondary N) is 2. The molecule has 0 aliphatic heterocycles. The van der Waals surface area contributed by atoms with Crippen molar-refractivity contribution < 1.29 is 14.0 Å². The molecule has 1 aromatic heterocycles. The molecule has 110 valence electrons. The molecular weight excluding hydrogens is 270 g/mol. The van der Waals surface area contributed by atoms with E-state index in [1.807, 2.05) is 6.07 Å². The smallest absolute Gasteiger partial charge is 0.268 e. The monoisotopic (exact) mass is 287 g/mol. The SMILES string of the molecule is Cc1cc(C(=O)NN[C@H](C(N)=O)c2ccccc2)c(C)o1. The van der Waals surface area contributed by atoms with Crippen LogP contribution in [0.25, 0.3) is 0 Å². The summed E-state index contributed by atoms with van der Waals surface area (Å²) in [6, 6.07) is 9.75. The Kier molecular flexibility index (Phi) is 4.39. The van der Waals surface area contributed by atoms with Gasteiger partial charge in [0.25, 0.3) is 5.91 Å². The van der Waals surface area contributed by atoms with E-state index in [2.05, 4.69) is 10.9 Å². The zero-order valence-electron chi connectivity index (χ0n) is 11.8. The first-order valence-electron chi connectivity index (χ1n) is 6.46. The van der Waals surface area contributed by atoms with E-state index >= 15 is 0 Å². The van der Waals surface area contributed by atoms with Gasteiger partial charge >= 0.3 is 0 Å². The lowest BCUT2D eigenvalue weighted by molar-refractivity contribution is -0.120. The minimum Gasteiger partial charge on any atom is -0.466 e. The van der Waals surface area contributed by atoms with Gasteiger partial charge in [-0.15, -0.1) is 0 Å². The number of hydrogen-bond donors (Lipinski definition) is 3. The number of hydrogen-bond acceptors (Lipinski definition) is 4. The van der Waals surface area contributed by atoms with E-state index in [9.17, 15) is 9.59 Å². The normalized spacial score (nSPS) is 11.9. The van der Waals surface area contributed by atoms with Crippen molar-refractivity contribution in [1.29, 1.82) is 0 Å². The van der Waals surface area contributed by atoms with Gasteiger partial charge in [0.2, 0.25) is 5.91 Å². The highest BCUT2D eigenvalue weighted by Crippen LogP contribution is 2.14. The molecule has 1 heterocycles. The van der Waals surface area contributed by atoms with Gasteiger partial charge in [0.05, 0.1) is 5.56 Å². The first-order chi connectivity index (χ1) is 9.99. The summed E-state index contributed by atoms with van der Waals surface area (Å²) < 4.78 is 5.29. The Hall–Kier alpha value is -2.60. The topological polar surface area (TPSA) is 97.4 Å². The lowest BCUT2D eigenvalue weighted by Gasteiger charge is -2.16. The molecule has 0 spiro atoms. The number of amides is 2. The third-order valence-electron chi connectivity index (χ3n) is 3.03. The van der Waals surface area contributed by atoms with Gasteiger partial charge in [-0.3, -0.25) is 15.0 Å². The van der Waals surface area contributed by atoms with Gasteiger partial charge in [-0.25, -0.2) is 5.43 Å². The Morgan fingerprint density at radius 3 is 2.38 bits per heavy atom. The molecule has 0 unspecified atom stereocenters. The number of benzene rings is 1. The molecule has 4 N–H and O–H groups in total. The van der Waals surface area contributed by atoms with Crippen LogP contribution in [-0.2, 0) is 4.79 Å². The first kappa shape index (κ1) is 14.8. The van der Waals surface area contributed by atoms with Crippen molar-refractivity contribution in [3.05, 3.63) is 59.0 Å². The molecular formula is C15H17N3O3. The molecule has 0 aliphatic carbocycles. The summed E-state index contributed by atoms with van der Waals surface area (Å²) in [6.45, 7) is 3.46. The van der Waals surface area contributed by atoms with E-state index < -0.39 is 11.9 Å². The Morgan fingerprint density at radius 2 is 1.86 bits per heavy atom. The Balaban J connectivity index is 2.08. The fraction of sp³-hybridized carbons (Fsp3) is 0.200. The Bertz CT molecular complexity index is 649. The van der Waals surface area contributed by atoms with Crippen LogP contribution in [0.2, 0.25) is 0 Å². The van der Waals surface area contributed by atoms with Crippen molar-refractivity contribution in [1.82, 2.24) is 10.9 Å². The van der Waals surface area contributed by atoms with Crippen LogP contribution in [-0.4, -0.2) is 11.8 Å². The predicted molar refractivity (Wildman–Crippen MR) is 77.2 cm³/mol. The molecule has 1 aromatic carbocycles. The van der Waals surface area contributed by atoms with Crippen LogP contribution in [0, 0.1) is 13.8 Å². The number of carbonyl (C=O) groups excluding carboxylic acids is 2. The third-order valence-corrected chi connectivity index (χ3v) is 3.03. The summed E-state index contributed by atoms with van der Waals surface area (Å²) >= 11 is 0. The van der Waals surface area contributed by atoms with Gasteiger partial charge < -0.3 is 10.2 Å². The highest BCUT2D eigenvalue weighted by molar-refractivity contribution is 5.95. The molecule has 0 bridgehead atoms. The maximum atomic E-state index is 12.1. The molecule has 1 atom stereocenters. The van der Waals surface area contributed by atoms with Crippen LogP contribution in [0.15, 0.2) is 40.8 Å². The second-order valence-electron chi connectivity index (χ2n) is 4.67. The van der Waals surface area contributed by atoms with Crippen molar-refractivity contribution in [3.8, 4) is 0 Å². The number of furan rings is 1. The van der Waals surface area contributed by atoms with Crippen LogP contribution in [0.4, 0.5) is 0 Å². The maximum Gasteiger partial charge on any atom is 0.268 e. The third kappa shape index (κ3) is 3.49. The second-order valence-corrected chi connectivity index (χ2v) is 4.67. The summed E-state index contributed by atoms with van der Waals surface area (Å²) in [5.74, 6) is 0.197. The fourth-order valence-electron chi connectivity index (χ4n) is 2.03. The van der Waals surface area contributed by atoms with Gasteiger partial charge in [-0.2, -0.15) is 0 Å². The standard InChI is InChI=1S/C15H17N3O3/c1-9-8-12(10(2)21-9)15(20)18-17-13(14(16)19)11-6-4-3-5-7-11/h3-8,13,17H,1-2H3,(H2,16,19)(H,18,20)/t13-/m0/s1. The van der Waals surface area contributed by atoms with Gasteiger partial charge in [0, 0.05) is 0 Å². The summed E-state index contributed by atoms with van der Waals surface area (Å²) in [6.07, 6.45) is 0. The number of aryl methyl sites for hydroxylation is 2. The van der Waals surface area contributed by atoms with E-state index in [0.29, 0.717) is 22.6 Å². The van der Waals surface area contributed by atoms with E-state index in [0.717, 1.165) is 0 Å². The molecule has 0 saturated carbocycles. The molecule has 2 amide bonds. The van der Waals surface area contributed by atoms with Crippen LogP contribution in [0.5, 0.6) is 0 Å². The number of rotatable bonds is 5. The van der Waals surface area contributed by atoms with E-state index in [1.165, 1.54) is 0 Å². The molecule has 0 aliphatic rings. The summed E-state index contributed by atoms with van der Waals surface area (Å²) in [7, 11) is 0. The zero-order valence-corrected chi connectivity index (χ0v) is 11.8. The average Bonchev–Trinajstić information content (AvgIpc) is 2.78. The summed E-state index contributed by atoms with van der Waals surface area (Å²) in [5.41, 5.74) is 11.6. The zero-order chi connectivity index (χ0) is 15.4. The lowest BCUT2D eigenvalue weighted by Crippen LogP contribution is -2.45.